The van der Waals surface area contributed by atoms with Crippen LogP contribution < -0.4 is 5.73 Å². The SMILES string of the molecule is NC1CCC(C(=O)Cc2ccccc2Br)CC1. The van der Waals surface area contributed by atoms with E-state index < -0.39 is 0 Å². The van der Waals surface area contributed by atoms with Crippen LogP contribution in [0.25, 0.3) is 0 Å². The first-order valence-electron chi connectivity index (χ1n) is 6.18. The zero-order chi connectivity index (χ0) is 12.3. The summed E-state index contributed by atoms with van der Waals surface area (Å²) in [5.41, 5.74) is 6.95. The smallest absolute Gasteiger partial charge is 0.140 e. The molecule has 0 heterocycles. The monoisotopic (exact) mass is 295 g/mol. The minimum atomic E-state index is 0.224. The van der Waals surface area contributed by atoms with Crippen LogP contribution >= 0.6 is 15.9 Å². The molecule has 1 aromatic carbocycles. The van der Waals surface area contributed by atoms with Gasteiger partial charge in [-0.3, -0.25) is 4.79 Å². The first kappa shape index (κ1) is 12.8. The Morgan fingerprint density at radius 3 is 2.53 bits per heavy atom. The van der Waals surface area contributed by atoms with Crippen molar-refractivity contribution < 1.29 is 4.79 Å². The van der Waals surface area contributed by atoms with Crippen molar-refractivity contribution in [2.45, 2.75) is 38.1 Å². The predicted molar refractivity (Wildman–Crippen MR) is 72.8 cm³/mol. The van der Waals surface area contributed by atoms with Gasteiger partial charge >= 0.3 is 0 Å². The standard InChI is InChI=1S/C14H18BrNO/c15-13-4-2-1-3-11(13)9-14(17)10-5-7-12(16)8-6-10/h1-4,10,12H,5-9,16H2. The van der Waals surface area contributed by atoms with Gasteiger partial charge in [-0.25, -0.2) is 0 Å². The third-order valence-electron chi connectivity index (χ3n) is 3.55. The van der Waals surface area contributed by atoms with E-state index in [1.807, 2.05) is 24.3 Å². The molecule has 0 bridgehead atoms. The fraction of sp³-hybridized carbons (Fsp3) is 0.500. The zero-order valence-electron chi connectivity index (χ0n) is 9.86. The number of carbonyl (C=O) groups excluding carboxylic acids is 1. The molecule has 2 nitrogen and oxygen atoms in total. The lowest BCUT2D eigenvalue weighted by molar-refractivity contribution is -0.123. The molecule has 3 heteroatoms. The number of nitrogens with two attached hydrogens (primary N) is 1. The van der Waals surface area contributed by atoms with E-state index in [4.69, 9.17) is 5.73 Å². The van der Waals surface area contributed by atoms with E-state index in [1.54, 1.807) is 0 Å². The molecule has 0 radical (unpaired) electrons. The largest absolute Gasteiger partial charge is 0.328 e. The number of hydrogen-bond donors (Lipinski definition) is 1. The van der Waals surface area contributed by atoms with Crippen LogP contribution in [0.15, 0.2) is 28.7 Å². The Balaban J connectivity index is 1.95. The van der Waals surface area contributed by atoms with E-state index in [1.165, 1.54) is 0 Å². The number of carbonyl (C=O) groups is 1. The van der Waals surface area contributed by atoms with Gasteiger partial charge in [-0.05, 0) is 37.3 Å². The van der Waals surface area contributed by atoms with Crippen molar-refractivity contribution in [2.75, 3.05) is 0 Å². The van der Waals surface area contributed by atoms with Crippen molar-refractivity contribution in [1.82, 2.24) is 0 Å². The molecule has 0 spiro atoms. The number of Topliss-reactive ketones (excluding diaryl/α,β-unsaturated/α-hetero) is 1. The lowest BCUT2D eigenvalue weighted by Gasteiger charge is -2.25. The van der Waals surface area contributed by atoms with Crippen LogP contribution in [0.4, 0.5) is 0 Å². The summed E-state index contributed by atoms with van der Waals surface area (Å²) in [6.07, 6.45) is 4.45. The lowest BCUT2D eigenvalue weighted by Crippen LogP contribution is -2.30. The highest BCUT2D eigenvalue weighted by molar-refractivity contribution is 9.10. The highest BCUT2D eigenvalue weighted by Gasteiger charge is 2.24. The lowest BCUT2D eigenvalue weighted by atomic mass is 9.82. The summed E-state index contributed by atoms with van der Waals surface area (Å²) in [6.45, 7) is 0. The molecular weight excluding hydrogens is 278 g/mol. The minimum Gasteiger partial charge on any atom is -0.328 e. The van der Waals surface area contributed by atoms with Gasteiger partial charge in [0.05, 0.1) is 0 Å². The number of halogens is 1. The Kier molecular flexibility index (Phi) is 4.35. The van der Waals surface area contributed by atoms with Crippen LogP contribution in [-0.4, -0.2) is 11.8 Å². The van der Waals surface area contributed by atoms with Crippen molar-refractivity contribution >= 4 is 21.7 Å². The molecule has 2 N–H and O–H groups in total. The van der Waals surface area contributed by atoms with Gasteiger partial charge in [0, 0.05) is 22.9 Å². The maximum Gasteiger partial charge on any atom is 0.140 e. The predicted octanol–water partition coefficient (Wildman–Crippen LogP) is 3.08. The van der Waals surface area contributed by atoms with E-state index in [-0.39, 0.29) is 5.92 Å². The Morgan fingerprint density at radius 2 is 1.88 bits per heavy atom. The summed E-state index contributed by atoms with van der Waals surface area (Å²) in [7, 11) is 0. The quantitative estimate of drug-likeness (QED) is 0.931. The van der Waals surface area contributed by atoms with Crippen molar-refractivity contribution in [2.24, 2.45) is 11.7 Å². The van der Waals surface area contributed by atoms with Gasteiger partial charge in [0.2, 0.25) is 0 Å². The summed E-state index contributed by atoms with van der Waals surface area (Å²) in [5.74, 6) is 0.589. The summed E-state index contributed by atoms with van der Waals surface area (Å²) in [5, 5.41) is 0. The topological polar surface area (TPSA) is 43.1 Å². The van der Waals surface area contributed by atoms with Gasteiger partial charge in [-0.2, -0.15) is 0 Å². The van der Waals surface area contributed by atoms with Crippen molar-refractivity contribution in [3.05, 3.63) is 34.3 Å². The Hall–Kier alpha value is -0.670. The van der Waals surface area contributed by atoms with Gasteiger partial charge < -0.3 is 5.73 Å². The average molecular weight is 296 g/mol. The van der Waals surface area contributed by atoms with Gasteiger partial charge in [0.1, 0.15) is 5.78 Å². The van der Waals surface area contributed by atoms with Crippen LogP contribution in [0.5, 0.6) is 0 Å². The number of hydrogen-bond acceptors (Lipinski definition) is 2. The number of benzene rings is 1. The fourth-order valence-electron chi connectivity index (χ4n) is 2.41. The second-order valence-corrected chi connectivity index (χ2v) is 5.70. The van der Waals surface area contributed by atoms with Crippen molar-refractivity contribution in [3.8, 4) is 0 Å². The molecule has 0 saturated heterocycles. The molecule has 92 valence electrons. The van der Waals surface area contributed by atoms with Gasteiger partial charge in [-0.1, -0.05) is 34.1 Å². The molecule has 0 amide bonds. The molecule has 0 aromatic heterocycles. The maximum absolute atomic E-state index is 12.2. The highest BCUT2D eigenvalue weighted by Crippen LogP contribution is 2.26. The second-order valence-electron chi connectivity index (χ2n) is 4.85. The maximum atomic E-state index is 12.2. The average Bonchev–Trinajstić information content (AvgIpc) is 2.33. The van der Waals surface area contributed by atoms with Crippen LogP contribution in [0.1, 0.15) is 31.2 Å². The molecule has 1 saturated carbocycles. The third-order valence-corrected chi connectivity index (χ3v) is 4.32. The van der Waals surface area contributed by atoms with E-state index in [2.05, 4.69) is 15.9 Å². The Bertz CT molecular complexity index is 397. The van der Waals surface area contributed by atoms with Gasteiger partial charge in [0.25, 0.3) is 0 Å². The first-order valence-corrected chi connectivity index (χ1v) is 6.98. The normalized spacial score (nSPS) is 24.6. The second kappa shape index (κ2) is 5.78. The van der Waals surface area contributed by atoms with Gasteiger partial charge in [-0.15, -0.1) is 0 Å². The Labute approximate surface area is 111 Å². The highest BCUT2D eigenvalue weighted by atomic mass is 79.9. The zero-order valence-corrected chi connectivity index (χ0v) is 11.4. The number of rotatable bonds is 3. The molecule has 0 unspecified atom stereocenters. The first-order chi connectivity index (χ1) is 8.16. The van der Waals surface area contributed by atoms with E-state index in [9.17, 15) is 4.79 Å². The molecule has 1 fully saturated rings. The summed E-state index contributed by atoms with van der Waals surface area (Å²) >= 11 is 3.49. The van der Waals surface area contributed by atoms with Crippen molar-refractivity contribution in [1.29, 1.82) is 0 Å². The Morgan fingerprint density at radius 1 is 1.24 bits per heavy atom. The molecule has 2 rings (SSSR count). The van der Waals surface area contributed by atoms with Crippen LogP contribution in [0.2, 0.25) is 0 Å². The molecular formula is C14H18BrNO. The third kappa shape index (κ3) is 3.39. The summed E-state index contributed by atoms with van der Waals surface area (Å²) < 4.78 is 1.03. The minimum absolute atomic E-state index is 0.224. The van der Waals surface area contributed by atoms with Gasteiger partial charge in [0.15, 0.2) is 0 Å². The molecule has 0 atom stereocenters. The molecule has 0 aliphatic heterocycles. The summed E-state index contributed by atoms with van der Waals surface area (Å²) in [4.78, 5) is 12.2. The summed E-state index contributed by atoms with van der Waals surface area (Å²) in [6, 6.07) is 8.25. The molecule has 17 heavy (non-hydrogen) atoms. The fourth-order valence-corrected chi connectivity index (χ4v) is 2.84. The molecule has 1 aromatic rings. The van der Waals surface area contributed by atoms with E-state index >= 15 is 0 Å². The number of ketones is 1. The van der Waals surface area contributed by atoms with Crippen molar-refractivity contribution in [3.63, 3.8) is 0 Å². The van der Waals surface area contributed by atoms with Crippen LogP contribution in [0, 0.1) is 5.92 Å². The van der Waals surface area contributed by atoms with Crippen LogP contribution in [0.3, 0.4) is 0 Å². The van der Waals surface area contributed by atoms with E-state index in [0.29, 0.717) is 18.2 Å². The molecule has 1 aliphatic carbocycles. The van der Waals surface area contributed by atoms with Crippen LogP contribution in [-0.2, 0) is 11.2 Å². The molecule has 1 aliphatic rings. The van der Waals surface area contributed by atoms with E-state index in [0.717, 1.165) is 35.7 Å².